The lowest BCUT2D eigenvalue weighted by Crippen LogP contribution is -1.98. The molecule has 0 unspecified atom stereocenters. The van der Waals surface area contributed by atoms with E-state index in [0.29, 0.717) is 29.5 Å². The molecule has 6 nitrogen and oxygen atoms in total. The molecule has 46 heavy (non-hydrogen) atoms. The maximum Gasteiger partial charge on any atom is 0.123 e. The van der Waals surface area contributed by atoms with Gasteiger partial charge in [-0.2, -0.15) is 0 Å². The lowest BCUT2D eigenvalue weighted by atomic mass is 10.0. The van der Waals surface area contributed by atoms with Crippen molar-refractivity contribution in [3.05, 3.63) is 119 Å². The Kier molecular flexibility index (Phi) is 15.0. The van der Waals surface area contributed by atoms with Crippen LogP contribution in [0.4, 0.5) is 5.82 Å². The van der Waals surface area contributed by atoms with Crippen LogP contribution in [0.3, 0.4) is 0 Å². The molecule has 0 aliphatic carbocycles. The van der Waals surface area contributed by atoms with Crippen LogP contribution in [0.25, 0.3) is 21.9 Å². The zero-order chi connectivity index (χ0) is 33.1. The minimum Gasteiger partial charge on any atom is -0.384 e. The number of halogens is 1. The fraction of sp³-hybridized carbons (Fsp3) is 0.359. The molecule has 7 heteroatoms. The molecule has 0 saturated heterocycles. The van der Waals surface area contributed by atoms with Crippen LogP contribution in [0, 0.1) is 6.92 Å². The Balaban J connectivity index is 0.000000213. The van der Waals surface area contributed by atoms with Gasteiger partial charge in [0, 0.05) is 39.9 Å². The van der Waals surface area contributed by atoms with Crippen molar-refractivity contribution in [3.63, 3.8) is 0 Å². The zero-order valence-electron chi connectivity index (χ0n) is 28.2. The number of hydrogen-bond donors (Lipinski definition) is 3. The first-order valence-corrected chi connectivity index (χ1v) is 16.1. The number of nitrogens with zero attached hydrogens (tertiary/aromatic N) is 3. The number of pyridine rings is 3. The first kappa shape index (κ1) is 38.0. The van der Waals surface area contributed by atoms with Gasteiger partial charge in [0.05, 0.1) is 22.7 Å². The Morgan fingerprint density at radius 2 is 1.35 bits per heavy atom. The number of aromatic amines is 2. The van der Waals surface area contributed by atoms with E-state index in [4.69, 9.17) is 17.3 Å². The molecular formula is C39H53ClN6. The van der Waals surface area contributed by atoms with Gasteiger partial charge in [0.15, 0.2) is 0 Å². The number of H-pyrrole nitrogens is 2. The number of nitrogens with two attached hydrogens (primary N) is 1. The highest BCUT2D eigenvalue weighted by Gasteiger charge is 2.04. The topological polar surface area (TPSA) is 96.3 Å². The standard InChI is InChI=1S/2C10H12N2.C9H11Cl.C9H14N2.CH4/c1-7(2)9-5-8-3-4-11-10(8)6-12-9;1-7(2)8-3-4-9-10(12-8)5-6-11-9;1-7(2)8-4-3-5-9(10)6-8;1-6(2)8-4-5-9(10)11-7(8)3;/h2*3-7,11H,1-2H3;3-7H,1-2H3;4-6H,1-3H3,(H2,10,11);1H4. The third-order valence-corrected chi connectivity index (χ3v) is 7.59. The summed E-state index contributed by atoms with van der Waals surface area (Å²) in [6.07, 6.45) is 5.75. The van der Waals surface area contributed by atoms with E-state index < -0.39 is 0 Å². The van der Waals surface area contributed by atoms with Crippen molar-refractivity contribution in [2.45, 2.75) is 93.4 Å². The summed E-state index contributed by atoms with van der Waals surface area (Å²) in [5, 5.41) is 2.07. The molecule has 0 fully saturated rings. The molecule has 1 aromatic carbocycles. The van der Waals surface area contributed by atoms with Crippen molar-refractivity contribution in [2.75, 3.05) is 5.73 Å². The lowest BCUT2D eigenvalue weighted by Gasteiger charge is -2.08. The van der Waals surface area contributed by atoms with Crippen molar-refractivity contribution < 1.29 is 0 Å². The van der Waals surface area contributed by atoms with Crippen LogP contribution in [0.15, 0.2) is 85.3 Å². The van der Waals surface area contributed by atoms with E-state index in [0.717, 1.165) is 38.7 Å². The first-order valence-electron chi connectivity index (χ1n) is 15.7. The van der Waals surface area contributed by atoms with Crippen LogP contribution in [-0.2, 0) is 0 Å². The van der Waals surface area contributed by atoms with Crippen molar-refractivity contribution in [2.24, 2.45) is 0 Å². The van der Waals surface area contributed by atoms with E-state index in [1.165, 1.54) is 16.5 Å². The average molecular weight is 641 g/mol. The van der Waals surface area contributed by atoms with E-state index >= 15 is 0 Å². The quantitative estimate of drug-likeness (QED) is 0.178. The summed E-state index contributed by atoms with van der Waals surface area (Å²) in [6.45, 7) is 19.2. The third-order valence-electron chi connectivity index (χ3n) is 7.35. The minimum absolute atomic E-state index is 0. The van der Waals surface area contributed by atoms with E-state index in [9.17, 15) is 0 Å². The largest absolute Gasteiger partial charge is 0.384 e. The van der Waals surface area contributed by atoms with Crippen LogP contribution in [0.5, 0.6) is 0 Å². The van der Waals surface area contributed by atoms with Crippen LogP contribution in [-0.4, -0.2) is 24.9 Å². The zero-order valence-corrected chi connectivity index (χ0v) is 28.9. The number of anilines is 1. The number of rotatable bonds is 4. The molecule has 0 spiro atoms. The summed E-state index contributed by atoms with van der Waals surface area (Å²) in [6, 6.07) is 22.2. The number of benzene rings is 1. The summed E-state index contributed by atoms with van der Waals surface area (Å²) >= 11 is 5.79. The van der Waals surface area contributed by atoms with Gasteiger partial charge in [-0.15, -0.1) is 0 Å². The normalized spacial score (nSPS) is 10.7. The van der Waals surface area contributed by atoms with Crippen molar-refractivity contribution >= 4 is 39.4 Å². The fourth-order valence-corrected chi connectivity index (χ4v) is 4.82. The highest BCUT2D eigenvalue weighted by molar-refractivity contribution is 6.30. The molecule has 0 aliphatic heterocycles. The second kappa shape index (κ2) is 18.1. The summed E-state index contributed by atoms with van der Waals surface area (Å²) in [7, 11) is 0. The monoisotopic (exact) mass is 640 g/mol. The highest BCUT2D eigenvalue weighted by Crippen LogP contribution is 2.20. The molecule has 0 aliphatic rings. The Morgan fingerprint density at radius 1 is 0.674 bits per heavy atom. The summed E-state index contributed by atoms with van der Waals surface area (Å²) in [4.78, 5) is 19.3. The van der Waals surface area contributed by atoms with Gasteiger partial charge in [0.1, 0.15) is 5.82 Å². The molecule has 0 radical (unpaired) electrons. The molecule has 6 aromatic rings. The molecule has 5 aromatic heterocycles. The van der Waals surface area contributed by atoms with Gasteiger partial charge in [0.25, 0.3) is 0 Å². The van der Waals surface area contributed by atoms with Crippen molar-refractivity contribution in [1.29, 1.82) is 0 Å². The molecule has 6 rings (SSSR count). The Hall–Kier alpha value is -4.16. The van der Waals surface area contributed by atoms with E-state index in [2.05, 4.69) is 111 Å². The number of fused-ring (bicyclic) bond motifs is 2. The molecule has 246 valence electrons. The second-order valence-electron chi connectivity index (χ2n) is 12.4. The number of hydrogen-bond acceptors (Lipinski definition) is 4. The van der Waals surface area contributed by atoms with Crippen LogP contribution in [0.2, 0.25) is 5.02 Å². The van der Waals surface area contributed by atoms with Crippen LogP contribution < -0.4 is 5.73 Å². The minimum atomic E-state index is 0. The van der Waals surface area contributed by atoms with E-state index in [-0.39, 0.29) is 7.43 Å². The molecule has 0 atom stereocenters. The Labute approximate surface area is 281 Å². The molecule has 0 bridgehead atoms. The predicted molar refractivity (Wildman–Crippen MR) is 200 cm³/mol. The molecule has 4 N–H and O–H groups in total. The van der Waals surface area contributed by atoms with Gasteiger partial charge >= 0.3 is 0 Å². The fourth-order valence-electron chi connectivity index (χ4n) is 4.62. The maximum absolute atomic E-state index is 5.79. The van der Waals surface area contributed by atoms with E-state index in [1.54, 1.807) is 0 Å². The summed E-state index contributed by atoms with van der Waals surface area (Å²) in [5.41, 5.74) is 14.7. The number of nitrogen functional groups attached to an aromatic ring is 1. The molecule has 5 heterocycles. The lowest BCUT2D eigenvalue weighted by molar-refractivity contribution is 0.826. The predicted octanol–water partition coefficient (Wildman–Crippen LogP) is 11.6. The molecule has 0 saturated carbocycles. The van der Waals surface area contributed by atoms with Gasteiger partial charge in [-0.1, -0.05) is 92.6 Å². The van der Waals surface area contributed by atoms with E-state index in [1.807, 2.05) is 61.9 Å². The number of aromatic nitrogens is 5. The van der Waals surface area contributed by atoms with Crippen molar-refractivity contribution in [3.8, 4) is 0 Å². The second-order valence-corrected chi connectivity index (χ2v) is 12.8. The van der Waals surface area contributed by atoms with Crippen LogP contribution in [0.1, 0.15) is 115 Å². The van der Waals surface area contributed by atoms with Gasteiger partial charge in [-0.25, -0.2) is 4.98 Å². The molecule has 0 amide bonds. The van der Waals surface area contributed by atoms with Gasteiger partial charge < -0.3 is 15.7 Å². The van der Waals surface area contributed by atoms with Gasteiger partial charge in [0.2, 0.25) is 0 Å². The third kappa shape index (κ3) is 11.3. The summed E-state index contributed by atoms with van der Waals surface area (Å²) in [5.74, 6) is 2.71. The Morgan fingerprint density at radius 3 is 1.93 bits per heavy atom. The number of aryl methyl sites for hydroxylation is 1. The summed E-state index contributed by atoms with van der Waals surface area (Å²) < 4.78 is 0. The highest BCUT2D eigenvalue weighted by atomic mass is 35.5. The molecular weight excluding hydrogens is 588 g/mol. The maximum atomic E-state index is 5.79. The number of nitrogens with one attached hydrogen (secondary N) is 2. The Bertz CT molecular complexity index is 1690. The van der Waals surface area contributed by atoms with Crippen molar-refractivity contribution in [1.82, 2.24) is 24.9 Å². The smallest absolute Gasteiger partial charge is 0.123 e. The van der Waals surface area contributed by atoms with Crippen LogP contribution >= 0.6 is 11.6 Å². The average Bonchev–Trinajstić information content (AvgIpc) is 3.66. The van der Waals surface area contributed by atoms with Gasteiger partial charge in [-0.05, 0) is 90.3 Å². The SMILES string of the molecule is C.CC(C)c1cc2cc[nH]c2cn1.CC(C)c1ccc2[nH]ccc2n1.CC(C)c1cccc(Cl)c1.Cc1nc(N)ccc1C(C)C. The first-order chi connectivity index (χ1) is 21.3. The van der Waals surface area contributed by atoms with Gasteiger partial charge in [-0.3, -0.25) is 9.97 Å².